The molecule has 2 aromatic carbocycles. The van der Waals surface area contributed by atoms with Gasteiger partial charge in [0, 0.05) is 0 Å². The molecule has 0 aliphatic carbocycles. The molecule has 0 radical (unpaired) electrons. The first-order valence-corrected chi connectivity index (χ1v) is 11.9. The fourth-order valence-corrected chi connectivity index (χ4v) is 5.97. The minimum Gasteiger partial charge on any atom is -0.254 e. The number of anilines is 1. The molecule has 0 bridgehead atoms. The quantitative estimate of drug-likeness (QED) is 0.418. The average molecular weight is 439 g/mol. The van der Waals surface area contributed by atoms with Gasteiger partial charge in [-0.1, -0.05) is 47.7 Å². The van der Waals surface area contributed by atoms with Gasteiger partial charge in [-0.15, -0.1) is 11.3 Å². The number of sulfonamides is 1. The van der Waals surface area contributed by atoms with E-state index in [2.05, 4.69) is 14.8 Å². The van der Waals surface area contributed by atoms with Gasteiger partial charge in [0.05, 0.1) is 27.0 Å². The molecule has 1 N–H and O–H groups in total. The normalized spacial score (nSPS) is 11.7. The van der Waals surface area contributed by atoms with Crippen molar-refractivity contribution >= 4 is 48.0 Å². The van der Waals surface area contributed by atoms with Gasteiger partial charge in [0.25, 0.3) is 10.0 Å². The number of hydrogen-bond donors (Lipinski definition) is 1. The Morgan fingerprint density at radius 1 is 0.931 bits per heavy atom. The SMILES string of the molecule is O=S(=O)(Nc1nc2ccccc2s1)c1cn(-c2ccccc2)nc1-c1cccs1. The minimum absolute atomic E-state index is 0.114. The molecule has 0 fully saturated rings. The zero-order chi connectivity index (χ0) is 19.8. The smallest absolute Gasteiger partial charge is 0.254 e. The van der Waals surface area contributed by atoms with Crippen molar-refractivity contribution in [1.82, 2.24) is 14.8 Å². The van der Waals surface area contributed by atoms with Crippen LogP contribution in [0.3, 0.4) is 0 Å². The molecular weight excluding hydrogens is 424 g/mol. The van der Waals surface area contributed by atoms with Crippen LogP contribution in [-0.4, -0.2) is 23.2 Å². The van der Waals surface area contributed by atoms with Gasteiger partial charge in [-0.3, -0.25) is 4.72 Å². The molecule has 0 unspecified atom stereocenters. The van der Waals surface area contributed by atoms with Gasteiger partial charge in [0.2, 0.25) is 0 Å². The summed E-state index contributed by atoms with van der Waals surface area (Å²) in [6.07, 6.45) is 1.54. The fraction of sp³-hybridized carbons (Fsp3) is 0. The van der Waals surface area contributed by atoms with Crippen molar-refractivity contribution in [3.63, 3.8) is 0 Å². The van der Waals surface area contributed by atoms with Gasteiger partial charge in [-0.25, -0.2) is 18.1 Å². The molecule has 0 saturated heterocycles. The largest absolute Gasteiger partial charge is 0.267 e. The summed E-state index contributed by atoms with van der Waals surface area (Å²) < 4.78 is 31.6. The predicted octanol–water partition coefficient (Wildman–Crippen LogP) is 5.01. The van der Waals surface area contributed by atoms with Crippen molar-refractivity contribution in [3.8, 4) is 16.3 Å². The van der Waals surface area contributed by atoms with Crippen LogP contribution in [0.4, 0.5) is 5.13 Å². The highest BCUT2D eigenvalue weighted by molar-refractivity contribution is 7.93. The van der Waals surface area contributed by atoms with Crippen LogP contribution in [0.15, 0.2) is 83.2 Å². The Balaban J connectivity index is 1.60. The van der Waals surface area contributed by atoms with Crippen molar-refractivity contribution in [2.75, 3.05) is 4.72 Å². The highest BCUT2D eigenvalue weighted by Crippen LogP contribution is 2.33. The first-order chi connectivity index (χ1) is 14.1. The van der Waals surface area contributed by atoms with E-state index >= 15 is 0 Å². The monoisotopic (exact) mass is 438 g/mol. The lowest BCUT2D eigenvalue weighted by molar-refractivity contribution is 0.601. The van der Waals surface area contributed by atoms with Gasteiger partial charge < -0.3 is 0 Å². The second-order valence-corrected chi connectivity index (χ2v) is 9.82. The Kier molecular flexibility index (Phi) is 4.42. The summed E-state index contributed by atoms with van der Waals surface area (Å²) in [5.41, 5.74) is 1.96. The Morgan fingerprint density at radius 3 is 2.48 bits per heavy atom. The molecule has 144 valence electrons. The van der Waals surface area contributed by atoms with Crippen molar-refractivity contribution < 1.29 is 8.42 Å². The predicted molar refractivity (Wildman–Crippen MR) is 117 cm³/mol. The van der Waals surface area contributed by atoms with Gasteiger partial charge in [-0.05, 0) is 35.7 Å². The Hall–Kier alpha value is -3.01. The third-order valence-corrected chi connectivity index (χ3v) is 7.56. The Bertz CT molecular complexity index is 1360. The van der Waals surface area contributed by atoms with Crippen LogP contribution in [0.2, 0.25) is 0 Å². The summed E-state index contributed by atoms with van der Waals surface area (Å²) in [6.45, 7) is 0. The molecule has 5 aromatic rings. The lowest BCUT2D eigenvalue weighted by Gasteiger charge is -2.04. The molecule has 0 atom stereocenters. The number of thiophene rings is 1. The van der Waals surface area contributed by atoms with E-state index < -0.39 is 10.0 Å². The number of nitrogens with zero attached hydrogens (tertiary/aromatic N) is 3. The van der Waals surface area contributed by atoms with Crippen LogP contribution in [0.1, 0.15) is 0 Å². The molecule has 0 spiro atoms. The number of rotatable bonds is 5. The van der Waals surface area contributed by atoms with E-state index in [0.717, 1.165) is 20.8 Å². The molecule has 0 aliphatic rings. The van der Waals surface area contributed by atoms with Gasteiger partial charge >= 0.3 is 0 Å². The molecular formula is C20H14N4O2S3. The summed E-state index contributed by atoms with van der Waals surface area (Å²) in [7, 11) is -3.88. The van der Waals surface area contributed by atoms with E-state index in [0.29, 0.717) is 10.8 Å². The molecule has 0 aliphatic heterocycles. The third-order valence-electron chi connectivity index (χ3n) is 4.26. The summed E-state index contributed by atoms with van der Waals surface area (Å²) in [6, 6.07) is 20.7. The molecule has 6 nitrogen and oxygen atoms in total. The molecule has 5 rings (SSSR count). The molecule has 3 aromatic heterocycles. The van der Waals surface area contributed by atoms with Gasteiger partial charge in [0.1, 0.15) is 10.6 Å². The number of benzene rings is 2. The highest BCUT2D eigenvalue weighted by Gasteiger charge is 2.26. The lowest BCUT2D eigenvalue weighted by Crippen LogP contribution is -2.13. The van der Waals surface area contributed by atoms with E-state index in [1.54, 1.807) is 10.9 Å². The first-order valence-electron chi connectivity index (χ1n) is 8.67. The summed E-state index contributed by atoms with van der Waals surface area (Å²) in [5.74, 6) is 0. The Morgan fingerprint density at radius 2 is 1.72 bits per heavy atom. The second kappa shape index (κ2) is 7.11. The van der Waals surface area contributed by atoms with E-state index in [4.69, 9.17) is 0 Å². The summed E-state index contributed by atoms with van der Waals surface area (Å²) in [5, 5.41) is 6.79. The van der Waals surface area contributed by atoms with Gasteiger partial charge in [-0.2, -0.15) is 5.10 Å². The van der Waals surface area contributed by atoms with Crippen molar-refractivity contribution in [3.05, 3.63) is 78.3 Å². The fourth-order valence-electron chi connectivity index (χ4n) is 2.94. The van der Waals surface area contributed by atoms with E-state index in [1.807, 2.05) is 72.1 Å². The number of nitrogens with one attached hydrogen (secondary N) is 1. The lowest BCUT2D eigenvalue weighted by atomic mass is 10.3. The topological polar surface area (TPSA) is 76.9 Å². The zero-order valence-corrected chi connectivity index (χ0v) is 17.3. The van der Waals surface area contributed by atoms with Crippen LogP contribution in [0.25, 0.3) is 26.5 Å². The van der Waals surface area contributed by atoms with E-state index in [1.165, 1.54) is 22.7 Å². The van der Waals surface area contributed by atoms with E-state index in [9.17, 15) is 8.42 Å². The van der Waals surface area contributed by atoms with Crippen LogP contribution >= 0.6 is 22.7 Å². The van der Waals surface area contributed by atoms with Crippen LogP contribution in [0, 0.1) is 0 Å². The molecule has 29 heavy (non-hydrogen) atoms. The number of aromatic nitrogens is 3. The minimum atomic E-state index is -3.88. The van der Waals surface area contributed by atoms with Crippen molar-refractivity contribution in [2.24, 2.45) is 0 Å². The molecule has 3 heterocycles. The number of thiazole rings is 1. The standard InChI is InChI=1S/C20H14N4O2S3/c25-29(26,23-20-21-15-9-4-5-10-16(15)28-20)18-13-24(14-7-2-1-3-8-14)22-19(18)17-11-6-12-27-17/h1-13H,(H,21,23). The zero-order valence-electron chi connectivity index (χ0n) is 14.9. The second-order valence-electron chi connectivity index (χ2n) is 6.19. The molecule has 0 saturated carbocycles. The number of para-hydroxylation sites is 2. The summed E-state index contributed by atoms with van der Waals surface area (Å²) in [4.78, 5) is 5.28. The third kappa shape index (κ3) is 3.44. The summed E-state index contributed by atoms with van der Waals surface area (Å²) >= 11 is 2.74. The maximum atomic E-state index is 13.2. The number of hydrogen-bond acceptors (Lipinski definition) is 6. The van der Waals surface area contributed by atoms with Crippen molar-refractivity contribution in [2.45, 2.75) is 4.90 Å². The van der Waals surface area contributed by atoms with Crippen LogP contribution in [-0.2, 0) is 10.0 Å². The maximum Gasteiger partial charge on any atom is 0.267 e. The van der Waals surface area contributed by atoms with Crippen molar-refractivity contribution in [1.29, 1.82) is 0 Å². The van der Waals surface area contributed by atoms with Crippen LogP contribution < -0.4 is 4.72 Å². The van der Waals surface area contributed by atoms with Crippen LogP contribution in [0.5, 0.6) is 0 Å². The maximum absolute atomic E-state index is 13.2. The molecule has 0 amide bonds. The van der Waals surface area contributed by atoms with Gasteiger partial charge in [0.15, 0.2) is 5.13 Å². The Labute approximate surface area is 175 Å². The first kappa shape index (κ1) is 18.0. The van der Waals surface area contributed by atoms with E-state index in [-0.39, 0.29) is 4.90 Å². The number of fused-ring (bicyclic) bond motifs is 1. The molecule has 9 heteroatoms. The highest BCUT2D eigenvalue weighted by atomic mass is 32.2. The average Bonchev–Trinajstić information content (AvgIpc) is 3.46.